The molecule has 8 heteroatoms. The van der Waals surface area contributed by atoms with Gasteiger partial charge in [0.05, 0.1) is 23.6 Å². The first-order valence-electron chi connectivity index (χ1n) is 12.5. The van der Waals surface area contributed by atoms with Crippen LogP contribution in [-0.2, 0) is 14.2 Å². The van der Waals surface area contributed by atoms with E-state index in [2.05, 4.69) is 0 Å². The Bertz CT molecular complexity index is 1360. The third kappa shape index (κ3) is 4.22. The summed E-state index contributed by atoms with van der Waals surface area (Å²) in [6.45, 7) is 0.184. The number of amides is 2. The van der Waals surface area contributed by atoms with Gasteiger partial charge in [0.15, 0.2) is 0 Å². The smallest absolute Gasteiger partial charge is 0.487 e. The van der Waals surface area contributed by atoms with Crippen molar-refractivity contribution < 1.29 is 29.1 Å². The summed E-state index contributed by atoms with van der Waals surface area (Å²) < 4.78 is 12.0. The monoisotopic (exact) mass is 495 g/mol. The van der Waals surface area contributed by atoms with Crippen LogP contribution in [0.2, 0.25) is 0 Å². The van der Waals surface area contributed by atoms with Crippen LogP contribution in [-0.4, -0.2) is 35.7 Å². The van der Waals surface area contributed by atoms with Gasteiger partial charge < -0.3 is 19.5 Å². The van der Waals surface area contributed by atoms with E-state index in [1.54, 1.807) is 42.5 Å². The molecule has 37 heavy (non-hydrogen) atoms. The maximum Gasteiger partial charge on any atom is 0.487 e. The number of hydrogen-bond acceptors (Lipinski definition) is 6. The molecule has 1 aliphatic carbocycles. The number of nitrogens with zero attached hydrogens (tertiary/aromatic N) is 1. The number of benzene rings is 3. The molecule has 2 heterocycles. The molecular weight excluding hydrogens is 469 g/mol. The number of fused-ring (bicyclic) bond motifs is 3. The predicted molar refractivity (Wildman–Crippen MR) is 138 cm³/mol. The van der Waals surface area contributed by atoms with Crippen LogP contribution in [0, 0.1) is 17.8 Å². The number of phenols is 1. The molecule has 0 saturated carbocycles. The van der Waals surface area contributed by atoms with Gasteiger partial charge in [-0.05, 0) is 71.8 Å². The lowest BCUT2D eigenvalue weighted by Crippen LogP contribution is -2.45. The fourth-order valence-electron chi connectivity index (χ4n) is 6.00. The van der Waals surface area contributed by atoms with Gasteiger partial charge in [0.1, 0.15) is 18.1 Å². The van der Waals surface area contributed by atoms with Crippen molar-refractivity contribution in [2.75, 3.05) is 11.5 Å². The number of ether oxygens (including phenoxy) is 1. The Morgan fingerprint density at radius 2 is 1.65 bits per heavy atom. The van der Waals surface area contributed by atoms with Crippen molar-refractivity contribution in [3.63, 3.8) is 0 Å². The zero-order valence-corrected chi connectivity index (χ0v) is 20.1. The lowest BCUT2D eigenvalue weighted by Gasteiger charge is -2.42. The number of rotatable bonds is 5. The summed E-state index contributed by atoms with van der Waals surface area (Å²) in [4.78, 5) is 28.7. The fraction of sp³-hybridized carbons (Fsp3) is 0.241. The first kappa shape index (κ1) is 23.5. The summed E-state index contributed by atoms with van der Waals surface area (Å²) in [6.07, 6.45) is 0.168. The van der Waals surface area contributed by atoms with Gasteiger partial charge in [0.2, 0.25) is 11.8 Å². The summed E-state index contributed by atoms with van der Waals surface area (Å²) in [5, 5.41) is 21.2. The maximum absolute atomic E-state index is 13.8. The molecule has 0 spiro atoms. The summed E-state index contributed by atoms with van der Waals surface area (Å²) in [6, 6.07) is 25.0. The molecule has 2 saturated heterocycles. The summed E-state index contributed by atoms with van der Waals surface area (Å²) >= 11 is 0. The number of aromatic hydroxyl groups is 1. The third-order valence-corrected chi connectivity index (χ3v) is 7.62. The van der Waals surface area contributed by atoms with Crippen molar-refractivity contribution in [2.45, 2.75) is 18.9 Å². The number of anilines is 1. The average Bonchev–Trinajstić information content (AvgIpc) is 3.17. The van der Waals surface area contributed by atoms with E-state index in [1.807, 2.05) is 42.5 Å². The number of para-hydroxylation sites is 2. The van der Waals surface area contributed by atoms with Crippen molar-refractivity contribution in [1.82, 2.24) is 0 Å². The molecule has 7 nitrogen and oxygen atoms in total. The predicted octanol–water partition coefficient (Wildman–Crippen LogP) is 4.07. The minimum atomic E-state index is -1.25. The first-order chi connectivity index (χ1) is 18.0. The van der Waals surface area contributed by atoms with E-state index in [0.29, 0.717) is 35.3 Å². The second-order valence-corrected chi connectivity index (χ2v) is 9.76. The van der Waals surface area contributed by atoms with Crippen LogP contribution >= 0.6 is 0 Å². The molecule has 2 aliphatic heterocycles. The Balaban J connectivity index is 1.38. The van der Waals surface area contributed by atoms with Crippen molar-refractivity contribution in [2.24, 2.45) is 17.8 Å². The Labute approximate surface area is 215 Å². The second-order valence-electron chi connectivity index (χ2n) is 9.76. The van der Waals surface area contributed by atoms with Crippen molar-refractivity contribution in [3.05, 3.63) is 102 Å². The zero-order valence-electron chi connectivity index (χ0n) is 20.1. The molecule has 3 aliphatic rings. The molecule has 4 atom stereocenters. The van der Waals surface area contributed by atoms with Crippen LogP contribution in [0.15, 0.2) is 96.0 Å². The van der Waals surface area contributed by atoms with Crippen LogP contribution in [0.5, 0.6) is 11.5 Å². The Morgan fingerprint density at radius 1 is 0.919 bits per heavy atom. The van der Waals surface area contributed by atoms with Gasteiger partial charge in [-0.15, -0.1) is 0 Å². The van der Waals surface area contributed by atoms with E-state index in [1.165, 1.54) is 4.90 Å². The molecular formula is C29H26BNO6. The van der Waals surface area contributed by atoms with Crippen molar-refractivity contribution in [3.8, 4) is 11.5 Å². The van der Waals surface area contributed by atoms with Crippen LogP contribution in [0.3, 0.4) is 0 Å². The quantitative estimate of drug-likeness (QED) is 0.409. The Hall–Kier alpha value is -3.88. The van der Waals surface area contributed by atoms with Crippen LogP contribution in [0.1, 0.15) is 24.5 Å². The summed E-state index contributed by atoms with van der Waals surface area (Å²) in [7, 11) is -1.25. The highest BCUT2D eigenvalue weighted by molar-refractivity contribution is 6.53. The summed E-state index contributed by atoms with van der Waals surface area (Å²) in [5.74, 6) is -1.28. The van der Waals surface area contributed by atoms with E-state index in [9.17, 15) is 19.7 Å². The molecule has 6 rings (SSSR count). The van der Waals surface area contributed by atoms with Crippen molar-refractivity contribution >= 4 is 24.6 Å². The highest BCUT2D eigenvalue weighted by Gasteiger charge is 2.58. The minimum Gasteiger partial charge on any atom is -0.508 e. The van der Waals surface area contributed by atoms with Gasteiger partial charge >= 0.3 is 7.12 Å². The van der Waals surface area contributed by atoms with Crippen LogP contribution in [0.25, 0.3) is 0 Å². The highest BCUT2D eigenvalue weighted by Crippen LogP contribution is 2.52. The van der Waals surface area contributed by atoms with Crippen molar-refractivity contribution in [1.29, 1.82) is 0 Å². The molecule has 186 valence electrons. The van der Waals surface area contributed by atoms with Gasteiger partial charge in [-0.25, -0.2) is 0 Å². The standard InChI is InChI=1S/C29H26BNO6/c32-21-11-7-8-18(14-21)25-16-23-26-24(28(33)31(29(26)34)20-9-3-1-4-10-20)15-19(27(23)30(35)37-25)17-36-22-12-5-2-6-13-22/h1-14,23-26,32,35H,15-17H2/t23-,24-,25-,26+/m0/s1. The Kier molecular flexibility index (Phi) is 6.06. The van der Waals surface area contributed by atoms with Crippen LogP contribution in [0.4, 0.5) is 5.69 Å². The lowest BCUT2D eigenvalue weighted by molar-refractivity contribution is -0.123. The molecule has 3 aromatic rings. The number of allylic oxidation sites excluding steroid dienone is 1. The Morgan fingerprint density at radius 3 is 2.38 bits per heavy atom. The molecule has 3 aromatic carbocycles. The largest absolute Gasteiger partial charge is 0.508 e. The molecule has 2 N–H and O–H groups in total. The van der Waals surface area contributed by atoms with Gasteiger partial charge in [0.25, 0.3) is 0 Å². The SMILES string of the molecule is O=C1[C@H]2[C@H](CC(COc3ccccc3)=C3B(O)O[C@H](c4cccc(O)c4)C[C@H]32)C(=O)N1c1ccccc1. The second kappa shape index (κ2) is 9.54. The van der Waals surface area contributed by atoms with Crippen LogP contribution < -0.4 is 9.64 Å². The third-order valence-electron chi connectivity index (χ3n) is 7.62. The number of imide groups is 1. The maximum atomic E-state index is 13.8. The summed E-state index contributed by atoms with van der Waals surface area (Å²) in [5.41, 5.74) is 2.67. The average molecular weight is 495 g/mol. The topological polar surface area (TPSA) is 96.3 Å². The molecule has 0 aromatic heterocycles. The van der Waals surface area contributed by atoms with Gasteiger partial charge in [-0.3, -0.25) is 14.5 Å². The van der Waals surface area contributed by atoms with Gasteiger partial charge in [0, 0.05) is 0 Å². The molecule has 2 amide bonds. The molecule has 0 unspecified atom stereocenters. The van der Waals surface area contributed by atoms with E-state index >= 15 is 0 Å². The normalized spacial score (nSPS) is 25.2. The zero-order chi connectivity index (χ0) is 25.5. The minimum absolute atomic E-state index is 0.0952. The fourth-order valence-corrected chi connectivity index (χ4v) is 6.00. The number of phenolic OH excluding ortho intramolecular Hbond substituents is 1. The molecule has 0 bridgehead atoms. The first-order valence-corrected chi connectivity index (χ1v) is 12.5. The van der Waals surface area contributed by atoms with E-state index < -0.39 is 31.0 Å². The number of carbonyl (C=O) groups is 2. The number of carbonyl (C=O) groups excluding carboxylic acids is 2. The molecule has 0 radical (unpaired) electrons. The highest BCUT2D eigenvalue weighted by atomic mass is 16.5. The molecule has 2 fully saturated rings. The van der Waals surface area contributed by atoms with Gasteiger partial charge in [-0.2, -0.15) is 0 Å². The number of hydrogen-bond donors (Lipinski definition) is 2. The van der Waals surface area contributed by atoms with E-state index in [0.717, 1.165) is 5.57 Å². The van der Waals surface area contributed by atoms with E-state index in [-0.39, 0.29) is 24.2 Å². The van der Waals surface area contributed by atoms with Gasteiger partial charge in [-0.1, -0.05) is 48.5 Å². The van der Waals surface area contributed by atoms with E-state index in [4.69, 9.17) is 9.39 Å². The lowest BCUT2D eigenvalue weighted by atomic mass is 9.55.